The Morgan fingerprint density at radius 3 is 2.15 bits per heavy atom. The van der Waals surface area contributed by atoms with Crippen LogP contribution in [0.25, 0.3) is 11.1 Å². The molecule has 1 unspecified atom stereocenters. The molecule has 7 nitrogen and oxygen atoms in total. The van der Waals surface area contributed by atoms with Gasteiger partial charge in [0.1, 0.15) is 0 Å². The van der Waals surface area contributed by atoms with E-state index < -0.39 is 46.0 Å². The molecule has 33 heavy (non-hydrogen) atoms. The highest BCUT2D eigenvalue weighted by Gasteiger charge is 2.36. The van der Waals surface area contributed by atoms with E-state index in [0.717, 1.165) is 23.3 Å². The molecule has 1 amide bonds. The molecule has 0 saturated heterocycles. The van der Waals surface area contributed by atoms with E-state index in [-0.39, 0.29) is 5.56 Å². The Hall–Kier alpha value is -4.21. The zero-order valence-corrected chi connectivity index (χ0v) is 17.1. The minimum atomic E-state index is -4.95. The number of nitrogens with one attached hydrogen (secondary N) is 1. The van der Waals surface area contributed by atoms with Crippen LogP contribution in [0.5, 0.6) is 0 Å². The van der Waals surface area contributed by atoms with Crippen molar-refractivity contribution >= 4 is 23.3 Å². The molecule has 10 heteroatoms. The molecule has 3 aromatic carbocycles. The van der Waals surface area contributed by atoms with E-state index in [1.165, 1.54) is 19.1 Å². The highest BCUT2D eigenvalue weighted by Crippen LogP contribution is 2.37. The van der Waals surface area contributed by atoms with Crippen LogP contribution in [0.1, 0.15) is 22.8 Å². The highest BCUT2D eigenvalue weighted by molar-refractivity contribution is 5.98. The molecular formula is C23H17F3N2O5. The number of benzene rings is 3. The smallest absolute Gasteiger partial charge is 0.418 e. The maximum Gasteiger partial charge on any atom is 0.418 e. The Kier molecular flexibility index (Phi) is 6.76. The number of hydrogen-bond acceptors (Lipinski definition) is 5. The van der Waals surface area contributed by atoms with Crippen LogP contribution in [0.3, 0.4) is 0 Å². The quantitative estimate of drug-likeness (QED) is 0.300. The van der Waals surface area contributed by atoms with E-state index >= 15 is 0 Å². The van der Waals surface area contributed by atoms with Gasteiger partial charge in [0, 0.05) is 12.1 Å². The van der Waals surface area contributed by atoms with Gasteiger partial charge in [0.05, 0.1) is 21.7 Å². The normalized spacial score (nSPS) is 12.0. The Labute approximate surface area is 186 Å². The molecule has 0 saturated carbocycles. The lowest BCUT2D eigenvalue weighted by Crippen LogP contribution is -2.30. The third-order valence-electron chi connectivity index (χ3n) is 4.66. The van der Waals surface area contributed by atoms with Gasteiger partial charge in [-0.1, -0.05) is 42.5 Å². The number of ether oxygens (including phenoxy) is 1. The van der Waals surface area contributed by atoms with Gasteiger partial charge in [0.25, 0.3) is 11.6 Å². The van der Waals surface area contributed by atoms with Gasteiger partial charge in [-0.2, -0.15) is 13.2 Å². The van der Waals surface area contributed by atoms with E-state index in [1.807, 2.05) is 35.6 Å². The molecule has 0 aliphatic rings. The van der Waals surface area contributed by atoms with Gasteiger partial charge >= 0.3 is 12.1 Å². The summed E-state index contributed by atoms with van der Waals surface area (Å²) in [5.41, 5.74) is -0.905. The summed E-state index contributed by atoms with van der Waals surface area (Å²) in [7, 11) is 0. The zero-order valence-electron chi connectivity index (χ0n) is 17.1. The van der Waals surface area contributed by atoms with E-state index in [1.54, 1.807) is 12.1 Å². The lowest BCUT2D eigenvalue weighted by molar-refractivity contribution is -0.385. The van der Waals surface area contributed by atoms with Gasteiger partial charge in [0.2, 0.25) is 0 Å². The highest BCUT2D eigenvalue weighted by atomic mass is 19.4. The summed E-state index contributed by atoms with van der Waals surface area (Å²) in [6.45, 7) is 1.20. The van der Waals surface area contributed by atoms with Gasteiger partial charge in [0.15, 0.2) is 6.10 Å². The predicted molar refractivity (Wildman–Crippen MR) is 113 cm³/mol. The van der Waals surface area contributed by atoms with Crippen molar-refractivity contribution in [1.29, 1.82) is 0 Å². The number of hydrogen-bond donors (Lipinski definition) is 1. The van der Waals surface area contributed by atoms with Gasteiger partial charge in [-0.15, -0.1) is 0 Å². The minimum absolute atomic E-state index is 0.153. The van der Waals surface area contributed by atoms with Crippen molar-refractivity contribution in [2.45, 2.75) is 19.2 Å². The fourth-order valence-electron chi connectivity index (χ4n) is 2.94. The van der Waals surface area contributed by atoms with Crippen molar-refractivity contribution in [2.75, 3.05) is 5.32 Å². The van der Waals surface area contributed by atoms with E-state index in [2.05, 4.69) is 0 Å². The molecule has 0 aromatic heterocycles. The van der Waals surface area contributed by atoms with Crippen LogP contribution < -0.4 is 5.32 Å². The fraction of sp³-hybridized carbons (Fsp3) is 0.130. The number of amides is 1. The second kappa shape index (κ2) is 9.51. The van der Waals surface area contributed by atoms with Crippen LogP contribution in [0.4, 0.5) is 24.5 Å². The molecule has 0 radical (unpaired) electrons. The second-order valence-electron chi connectivity index (χ2n) is 6.96. The Morgan fingerprint density at radius 2 is 1.58 bits per heavy atom. The Morgan fingerprint density at radius 1 is 0.970 bits per heavy atom. The maximum absolute atomic E-state index is 13.3. The number of rotatable bonds is 6. The molecule has 0 fully saturated rings. The van der Waals surface area contributed by atoms with Crippen molar-refractivity contribution in [1.82, 2.24) is 0 Å². The average molecular weight is 458 g/mol. The van der Waals surface area contributed by atoms with Crippen LogP contribution in [0, 0.1) is 10.1 Å². The van der Waals surface area contributed by atoms with Crippen LogP contribution in [0.15, 0.2) is 72.8 Å². The average Bonchev–Trinajstić information content (AvgIpc) is 2.79. The van der Waals surface area contributed by atoms with Crippen LogP contribution in [0.2, 0.25) is 0 Å². The first-order valence-electron chi connectivity index (χ1n) is 9.59. The van der Waals surface area contributed by atoms with E-state index in [4.69, 9.17) is 4.74 Å². The summed E-state index contributed by atoms with van der Waals surface area (Å²) in [6, 6.07) is 17.7. The van der Waals surface area contributed by atoms with Crippen molar-refractivity contribution in [3.05, 3.63) is 94.0 Å². The Bertz CT molecular complexity index is 1180. The van der Waals surface area contributed by atoms with E-state index in [9.17, 15) is 32.9 Å². The summed E-state index contributed by atoms with van der Waals surface area (Å²) in [6.07, 6.45) is -6.38. The molecule has 1 N–H and O–H groups in total. The molecule has 0 spiro atoms. The second-order valence-corrected chi connectivity index (χ2v) is 6.96. The number of anilines is 1. The van der Waals surface area contributed by atoms with Crippen molar-refractivity contribution in [3.63, 3.8) is 0 Å². The SMILES string of the molecule is CC(OC(=O)c1ccc(-c2ccccc2)cc1)C(=O)Nc1ccc([N+](=O)[O-])cc1C(F)(F)F. The number of non-ortho nitro benzene ring substituents is 1. The van der Waals surface area contributed by atoms with Gasteiger partial charge in [-0.25, -0.2) is 4.79 Å². The number of nitrogens with zero attached hydrogens (tertiary/aromatic N) is 1. The number of esters is 1. The van der Waals surface area contributed by atoms with Crippen molar-refractivity contribution < 1.29 is 32.4 Å². The van der Waals surface area contributed by atoms with Crippen LogP contribution in [-0.4, -0.2) is 22.9 Å². The first kappa shape index (κ1) is 23.5. The lowest BCUT2D eigenvalue weighted by Gasteiger charge is -2.17. The summed E-state index contributed by atoms with van der Waals surface area (Å²) in [5, 5.41) is 12.8. The molecule has 0 heterocycles. The predicted octanol–water partition coefficient (Wildman–Crippen LogP) is 5.46. The third-order valence-corrected chi connectivity index (χ3v) is 4.66. The number of carbonyl (C=O) groups excluding carboxylic acids is 2. The molecule has 1 atom stereocenters. The molecule has 3 aromatic rings. The van der Waals surface area contributed by atoms with E-state index in [0.29, 0.717) is 6.07 Å². The van der Waals surface area contributed by atoms with Crippen molar-refractivity contribution in [3.8, 4) is 11.1 Å². The van der Waals surface area contributed by atoms with Crippen LogP contribution in [-0.2, 0) is 15.7 Å². The first-order valence-corrected chi connectivity index (χ1v) is 9.59. The number of nitro groups is 1. The van der Waals surface area contributed by atoms with Gasteiger partial charge in [-0.3, -0.25) is 14.9 Å². The maximum atomic E-state index is 13.3. The third kappa shape index (κ3) is 5.73. The molecule has 0 aliphatic heterocycles. The fourth-order valence-corrected chi connectivity index (χ4v) is 2.94. The molecule has 0 bridgehead atoms. The summed E-state index contributed by atoms with van der Waals surface area (Å²) < 4.78 is 44.9. The number of alkyl halides is 3. The largest absolute Gasteiger partial charge is 0.449 e. The van der Waals surface area contributed by atoms with Crippen LogP contribution >= 0.6 is 0 Å². The molecule has 0 aliphatic carbocycles. The zero-order chi connectivity index (χ0) is 24.2. The lowest BCUT2D eigenvalue weighted by atomic mass is 10.0. The van der Waals surface area contributed by atoms with Crippen molar-refractivity contribution in [2.24, 2.45) is 0 Å². The number of nitro benzene ring substituents is 1. The monoisotopic (exact) mass is 458 g/mol. The topological polar surface area (TPSA) is 98.5 Å². The van der Waals surface area contributed by atoms with Gasteiger partial charge in [-0.05, 0) is 36.2 Å². The standard InChI is InChI=1S/C23H17F3N2O5/c1-14(21(29)27-20-12-11-18(28(31)32)13-19(20)23(24,25)26)33-22(30)17-9-7-16(8-10-17)15-5-3-2-4-6-15/h2-14H,1H3,(H,27,29). The molecular weight excluding hydrogens is 441 g/mol. The first-order chi connectivity index (χ1) is 15.6. The van der Waals surface area contributed by atoms with Gasteiger partial charge < -0.3 is 10.1 Å². The molecule has 170 valence electrons. The Balaban J connectivity index is 1.69. The molecule has 3 rings (SSSR count). The minimum Gasteiger partial charge on any atom is -0.449 e. The summed E-state index contributed by atoms with van der Waals surface area (Å²) >= 11 is 0. The summed E-state index contributed by atoms with van der Waals surface area (Å²) in [4.78, 5) is 34.5. The number of halogens is 3. The number of carbonyl (C=O) groups is 2. The summed E-state index contributed by atoms with van der Waals surface area (Å²) in [5.74, 6) is -1.86.